The van der Waals surface area contributed by atoms with Crippen LogP contribution >= 0.6 is 0 Å². The van der Waals surface area contributed by atoms with Crippen molar-refractivity contribution in [1.29, 1.82) is 0 Å². The fourth-order valence-corrected chi connectivity index (χ4v) is 2.44. The summed E-state index contributed by atoms with van der Waals surface area (Å²) in [5.74, 6) is -0.446. The van der Waals surface area contributed by atoms with Crippen LogP contribution in [0, 0.1) is 5.82 Å². The van der Waals surface area contributed by atoms with E-state index in [-0.39, 0.29) is 11.6 Å². The van der Waals surface area contributed by atoms with Crippen LogP contribution in [0.2, 0.25) is 0 Å². The minimum absolute atomic E-state index is 0.0581. The van der Waals surface area contributed by atoms with Gasteiger partial charge in [-0.1, -0.05) is 49.0 Å². The number of carbonyl (C=O) groups is 1. The number of carbonyl (C=O) groups excluding carboxylic acids is 1. The molecule has 0 N–H and O–H groups in total. The first-order valence-electron chi connectivity index (χ1n) is 7.96. The summed E-state index contributed by atoms with van der Waals surface area (Å²) < 4.78 is 18.4. The molecule has 0 aliphatic heterocycles. The van der Waals surface area contributed by atoms with E-state index >= 15 is 0 Å². The predicted octanol–water partition coefficient (Wildman–Crippen LogP) is 4.06. The van der Waals surface area contributed by atoms with E-state index in [1.165, 1.54) is 24.0 Å². The van der Waals surface area contributed by atoms with Crippen molar-refractivity contribution in [3.63, 3.8) is 0 Å². The Morgan fingerprint density at radius 1 is 1.12 bits per heavy atom. The van der Waals surface area contributed by atoms with Crippen molar-refractivity contribution < 1.29 is 13.9 Å². The van der Waals surface area contributed by atoms with Gasteiger partial charge in [0.1, 0.15) is 5.82 Å². The molecule has 126 valence electrons. The quantitative estimate of drug-likeness (QED) is 0.374. The number of nitrogens with zero attached hydrogens (tertiary/aromatic N) is 1. The second-order valence-electron chi connectivity index (χ2n) is 5.48. The number of hydrogen-bond acceptors (Lipinski definition) is 3. The third-order valence-electron chi connectivity index (χ3n) is 3.69. The van der Waals surface area contributed by atoms with Crippen LogP contribution in [0.1, 0.15) is 22.3 Å². The molecule has 0 spiro atoms. The molecular formula is C20H22FNO2. The molecule has 2 aromatic carbocycles. The van der Waals surface area contributed by atoms with Gasteiger partial charge in [0.2, 0.25) is 0 Å². The number of rotatable bonds is 10. The van der Waals surface area contributed by atoms with Crippen molar-refractivity contribution in [2.45, 2.75) is 13.0 Å². The first-order valence-corrected chi connectivity index (χ1v) is 7.96. The van der Waals surface area contributed by atoms with Gasteiger partial charge in [-0.05, 0) is 17.7 Å². The fraction of sp³-hybridized carbons (Fsp3) is 0.250. The van der Waals surface area contributed by atoms with Crippen LogP contribution in [0.5, 0.6) is 0 Å². The smallest absolute Gasteiger partial charge is 0.164 e. The molecule has 4 heteroatoms. The van der Waals surface area contributed by atoms with Gasteiger partial charge >= 0.3 is 0 Å². The van der Waals surface area contributed by atoms with E-state index in [9.17, 15) is 9.18 Å². The minimum Gasteiger partial charge on any atom is -0.500 e. The molecule has 0 atom stereocenters. The third-order valence-corrected chi connectivity index (χ3v) is 3.69. The van der Waals surface area contributed by atoms with Crippen molar-refractivity contribution >= 4 is 5.78 Å². The van der Waals surface area contributed by atoms with E-state index in [4.69, 9.17) is 4.74 Å². The standard InChI is InChI=1S/C20H22FNO2/c1-2-24-14-13-22(16-17-7-4-3-5-8-17)12-11-20(23)18-9-6-10-19(21)15-18/h2-10,15H,1,11-14,16H2. The molecule has 0 unspecified atom stereocenters. The summed E-state index contributed by atoms with van der Waals surface area (Å²) in [5.41, 5.74) is 1.59. The Balaban J connectivity index is 1.93. The first kappa shape index (κ1) is 17.9. The molecule has 0 amide bonds. The summed E-state index contributed by atoms with van der Waals surface area (Å²) in [6.45, 7) is 6.07. The highest BCUT2D eigenvalue weighted by Crippen LogP contribution is 2.09. The Morgan fingerprint density at radius 3 is 2.62 bits per heavy atom. The van der Waals surface area contributed by atoms with Gasteiger partial charge in [0, 0.05) is 31.6 Å². The SMILES string of the molecule is C=COCCN(CCC(=O)c1cccc(F)c1)Cc1ccccc1. The van der Waals surface area contributed by atoms with E-state index in [0.29, 0.717) is 31.7 Å². The molecule has 24 heavy (non-hydrogen) atoms. The zero-order chi connectivity index (χ0) is 17.2. The van der Waals surface area contributed by atoms with Crippen molar-refractivity contribution in [2.24, 2.45) is 0 Å². The fourth-order valence-electron chi connectivity index (χ4n) is 2.44. The van der Waals surface area contributed by atoms with Crippen molar-refractivity contribution in [3.05, 3.63) is 84.4 Å². The van der Waals surface area contributed by atoms with Crippen molar-refractivity contribution in [3.8, 4) is 0 Å². The van der Waals surface area contributed by atoms with Gasteiger partial charge in [-0.25, -0.2) is 4.39 Å². The van der Waals surface area contributed by atoms with Crippen LogP contribution in [0.15, 0.2) is 67.4 Å². The summed E-state index contributed by atoms with van der Waals surface area (Å²) in [6, 6.07) is 15.9. The lowest BCUT2D eigenvalue weighted by molar-refractivity contribution is 0.0952. The number of ether oxygens (including phenoxy) is 1. The lowest BCUT2D eigenvalue weighted by Gasteiger charge is -2.21. The molecule has 0 saturated heterocycles. The van der Waals surface area contributed by atoms with Gasteiger partial charge in [-0.3, -0.25) is 9.69 Å². The summed E-state index contributed by atoms with van der Waals surface area (Å²) >= 11 is 0. The normalized spacial score (nSPS) is 10.6. The Kier molecular flexibility index (Phi) is 7.18. The summed E-state index contributed by atoms with van der Waals surface area (Å²) in [6.07, 6.45) is 1.75. The minimum atomic E-state index is -0.388. The van der Waals surface area contributed by atoms with Gasteiger partial charge in [0.15, 0.2) is 5.78 Å². The monoisotopic (exact) mass is 327 g/mol. The Morgan fingerprint density at radius 2 is 1.92 bits per heavy atom. The maximum atomic E-state index is 13.2. The summed E-state index contributed by atoms with van der Waals surface area (Å²) in [7, 11) is 0. The number of benzene rings is 2. The highest BCUT2D eigenvalue weighted by molar-refractivity contribution is 5.96. The van der Waals surface area contributed by atoms with E-state index in [0.717, 1.165) is 6.54 Å². The lowest BCUT2D eigenvalue weighted by atomic mass is 10.1. The maximum absolute atomic E-state index is 13.2. The van der Waals surface area contributed by atoms with Gasteiger partial charge in [-0.2, -0.15) is 0 Å². The van der Waals surface area contributed by atoms with Crippen LogP contribution in [-0.4, -0.2) is 30.4 Å². The third kappa shape index (κ3) is 5.97. The number of halogens is 1. The van der Waals surface area contributed by atoms with Gasteiger partial charge < -0.3 is 4.74 Å². The molecule has 0 bridgehead atoms. The second-order valence-corrected chi connectivity index (χ2v) is 5.48. The van der Waals surface area contributed by atoms with E-state index in [1.54, 1.807) is 12.1 Å². The van der Waals surface area contributed by atoms with Crippen LogP contribution in [0.3, 0.4) is 0 Å². The zero-order valence-corrected chi connectivity index (χ0v) is 13.7. The van der Waals surface area contributed by atoms with Gasteiger partial charge in [-0.15, -0.1) is 0 Å². The zero-order valence-electron chi connectivity index (χ0n) is 13.7. The molecule has 0 heterocycles. The average Bonchev–Trinajstić information content (AvgIpc) is 2.60. The summed E-state index contributed by atoms with van der Waals surface area (Å²) in [4.78, 5) is 14.4. The molecule has 0 saturated carbocycles. The molecule has 0 fully saturated rings. The Hall–Kier alpha value is -2.46. The highest BCUT2D eigenvalue weighted by atomic mass is 19.1. The molecule has 0 aromatic heterocycles. The summed E-state index contributed by atoms with van der Waals surface area (Å²) in [5, 5.41) is 0. The molecule has 3 nitrogen and oxygen atoms in total. The van der Waals surface area contributed by atoms with Crippen LogP contribution < -0.4 is 0 Å². The highest BCUT2D eigenvalue weighted by Gasteiger charge is 2.11. The topological polar surface area (TPSA) is 29.5 Å². The molecule has 2 aromatic rings. The Labute approximate surface area is 142 Å². The molecule has 0 radical (unpaired) electrons. The van der Waals surface area contributed by atoms with E-state index in [1.807, 2.05) is 18.2 Å². The van der Waals surface area contributed by atoms with Crippen LogP contribution in [0.25, 0.3) is 0 Å². The second kappa shape index (κ2) is 9.63. The van der Waals surface area contributed by atoms with Crippen molar-refractivity contribution in [1.82, 2.24) is 4.90 Å². The largest absolute Gasteiger partial charge is 0.500 e. The predicted molar refractivity (Wildman–Crippen MR) is 93.2 cm³/mol. The number of Topliss-reactive ketones (excluding diaryl/α,β-unsaturated/α-hetero) is 1. The van der Waals surface area contributed by atoms with Crippen LogP contribution in [0.4, 0.5) is 4.39 Å². The van der Waals surface area contributed by atoms with E-state index < -0.39 is 0 Å². The lowest BCUT2D eigenvalue weighted by Crippen LogP contribution is -2.29. The molecule has 0 aliphatic rings. The average molecular weight is 327 g/mol. The first-order chi connectivity index (χ1) is 11.7. The molecule has 0 aliphatic carbocycles. The molecule has 2 rings (SSSR count). The van der Waals surface area contributed by atoms with Gasteiger partial charge in [0.05, 0.1) is 12.9 Å². The van der Waals surface area contributed by atoms with Crippen LogP contribution in [-0.2, 0) is 11.3 Å². The number of ketones is 1. The number of hydrogen-bond donors (Lipinski definition) is 0. The van der Waals surface area contributed by atoms with E-state index in [2.05, 4.69) is 23.6 Å². The van der Waals surface area contributed by atoms with Crippen molar-refractivity contribution in [2.75, 3.05) is 19.7 Å². The maximum Gasteiger partial charge on any atom is 0.164 e. The Bertz CT molecular complexity index is 658. The molecular weight excluding hydrogens is 305 g/mol. The van der Waals surface area contributed by atoms with Gasteiger partial charge in [0.25, 0.3) is 0 Å².